The number of anilines is 2. The maximum Gasteiger partial charge on any atom is 0.416 e. The van der Waals surface area contributed by atoms with Gasteiger partial charge in [-0.05, 0) is 72.4 Å². The highest BCUT2D eigenvalue weighted by Gasteiger charge is 2.38. The largest absolute Gasteiger partial charge is 0.465 e. The van der Waals surface area contributed by atoms with E-state index in [-0.39, 0.29) is 24.1 Å². The van der Waals surface area contributed by atoms with Crippen molar-refractivity contribution in [2.24, 2.45) is 7.05 Å². The summed E-state index contributed by atoms with van der Waals surface area (Å²) in [6, 6.07) is 4.26. The molecule has 14 heteroatoms. The third-order valence-electron chi connectivity index (χ3n) is 6.58. The van der Waals surface area contributed by atoms with E-state index in [4.69, 9.17) is 0 Å². The Kier molecular flexibility index (Phi) is 7.01. The first kappa shape index (κ1) is 27.2. The molecule has 0 saturated carbocycles. The van der Waals surface area contributed by atoms with Gasteiger partial charge in [0.15, 0.2) is 0 Å². The zero-order valence-corrected chi connectivity index (χ0v) is 20.6. The number of aromatic nitrogens is 4. The van der Waals surface area contributed by atoms with Crippen LogP contribution in [-0.4, -0.2) is 38.0 Å². The molecule has 1 atom stereocenters. The Balaban J connectivity index is 1.89. The molecule has 204 valence electrons. The van der Waals surface area contributed by atoms with E-state index in [0.717, 1.165) is 10.4 Å². The smallest absolute Gasteiger partial charge is 0.416 e. The molecule has 0 radical (unpaired) electrons. The average molecular weight is 542 g/mol. The predicted octanol–water partition coefficient (Wildman–Crippen LogP) is 5.89. The van der Waals surface area contributed by atoms with Gasteiger partial charge in [0.2, 0.25) is 0 Å². The van der Waals surface area contributed by atoms with Crippen molar-refractivity contribution in [3.8, 4) is 0 Å². The third-order valence-corrected chi connectivity index (χ3v) is 6.58. The number of fused-ring (bicyclic) bond motifs is 1. The van der Waals surface area contributed by atoms with Crippen LogP contribution in [0.25, 0.3) is 0 Å². The van der Waals surface area contributed by atoms with Crippen molar-refractivity contribution < 1.29 is 36.2 Å². The lowest BCUT2D eigenvalue weighted by Crippen LogP contribution is -2.32. The molecule has 1 unspecified atom stereocenters. The highest BCUT2D eigenvalue weighted by molar-refractivity contribution is 5.89. The minimum atomic E-state index is -5.00. The molecule has 1 aliphatic rings. The van der Waals surface area contributed by atoms with Crippen LogP contribution >= 0.6 is 0 Å². The zero-order valence-electron chi connectivity index (χ0n) is 20.6. The van der Waals surface area contributed by atoms with Gasteiger partial charge in [0.25, 0.3) is 5.95 Å². The van der Waals surface area contributed by atoms with Crippen molar-refractivity contribution in [3.05, 3.63) is 63.7 Å². The topological polar surface area (TPSA) is 87.4 Å². The molecule has 1 aromatic heterocycles. The fourth-order valence-electron chi connectivity index (χ4n) is 4.69. The molecule has 4 rings (SSSR count). The minimum absolute atomic E-state index is 0.0172. The Morgan fingerprint density at radius 1 is 1.08 bits per heavy atom. The SMILES string of the molecule is Cc1ccc2c(c1C)N(C(=O)O)CCCC2N(Cc1cc(C(F)(F)F)cc(C(F)(F)F)c1)c1nnn(C)n1. The lowest BCUT2D eigenvalue weighted by atomic mass is 9.94. The van der Waals surface area contributed by atoms with Crippen molar-refractivity contribution in [2.45, 2.75) is 51.6 Å². The molecule has 2 heterocycles. The van der Waals surface area contributed by atoms with Crippen LogP contribution in [0.4, 0.5) is 42.8 Å². The Hall–Kier alpha value is -3.84. The second-order valence-corrected chi connectivity index (χ2v) is 9.16. The Morgan fingerprint density at radius 3 is 2.24 bits per heavy atom. The zero-order chi connectivity index (χ0) is 28.0. The number of hydrogen-bond donors (Lipinski definition) is 1. The molecule has 1 aliphatic heterocycles. The van der Waals surface area contributed by atoms with Gasteiger partial charge in [-0.1, -0.05) is 17.2 Å². The first-order valence-corrected chi connectivity index (χ1v) is 11.6. The van der Waals surface area contributed by atoms with Gasteiger partial charge in [0.1, 0.15) is 0 Å². The summed E-state index contributed by atoms with van der Waals surface area (Å²) in [6.07, 6.45) is -10.5. The van der Waals surface area contributed by atoms with E-state index in [1.165, 1.54) is 16.8 Å². The summed E-state index contributed by atoms with van der Waals surface area (Å²) in [5.74, 6) is -0.0172. The predicted molar refractivity (Wildman–Crippen MR) is 125 cm³/mol. The number of rotatable bonds is 4. The monoisotopic (exact) mass is 542 g/mol. The van der Waals surface area contributed by atoms with Crippen LogP contribution in [0.2, 0.25) is 0 Å². The number of hydrogen-bond acceptors (Lipinski definition) is 5. The molecule has 0 saturated heterocycles. The number of carboxylic acid groups (broad SMARTS) is 1. The second kappa shape index (κ2) is 9.80. The van der Waals surface area contributed by atoms with Gasteiger partial charge in [0, 0.05) is 13.1 Å². The number of tetrazole rings is 1. The van der Waals surface area contributed by atoms with Crippen molar-refractivity contribution in [1.82, 2.24) is 20.2 Å². The average Bonchev–Trinajstić information content (AvgIpc) is 3.15. The van der Waals surface area contributed by atoms with E-state index in [9.17, 15) is 36.2 Å². The van der Waals surface area contributed by atoms with Gasteiger partial charge in [0.05, 0.1) is 29.9 Å². The van der Waals surface area contributed by atoms with E-state index >= 15 is 0 Å². The van der Waals surface area contributed by atoms with Crippen LogP contribution in [-0.2, 0) is 25.9 Å². The van der Waals surface area contributed by atoms with Crippen LogP contribution in [0.1, 0.15) is 52.3 Å². The molecule has 0 aliphatic carbocycles. The van der Waals surface area contributed by atoms with E-state index in [2.05, 4.69) is 15.4 Å². The van der Waals surface area contributed by atoms with Crippen LogP contribution in [0.3, 0.4) is 0 Å². The Bertz CT molecular complexity index is 1320. The van der Waals surface area contributed by atoms with Gasteiger partial charge in [-0.25, -0.2) is 4.79 Å². The molecular formula is C24H24F6N6O2. The number of benzene rings is 2. The first-order chi connectivity index (χ1) is 17.7. The summed E-state index contributed by atoms with van der Waals surface area (Å²) in [5.41, 5.74) is -0.630. The van der Waals surface area contributed by atoms with Gasteiger partial charge < -0.3 is 10.0 Å². The van der Waals surface area contributed by atoms with E-state index in [0.29, 0.717) is 41.8 Å². The molecular weight excluding hydrogens is 518 g/mol. The lowest BCUT2D eigenvalue weighted by Gasteiger charge is -2.32. The summed E-state index contributed by atoms with van der Waals surface area (Å²) in [5, 5.41) is 21.8. The first-order valence-electron chi connectivity index (χ1n) is 11.6. The summed E-state index contributed by atoms with van der Waals surface area (Å²) < 4.78 is 81.2. The fraction of sp³-hybridized carbons (Fsp3) is 0.417. The molecule has 38 heavy (non-hydrogen) atoms. The number of amides is 1. The Morgan fingerprint density at radius 2 is 1.71 bits per heavy atom. The summed E-state index contributed by atoms with van der Waals surface area (Å²) in [7, 11) is 1.47. The maximum absolute atomic E-state index is 13.5. The molecule has 8 nitrogen and oxygen atoms in total. The summed E-state index contributed by atoms with van der Waals surface area (Å²) in [4.78, 5) is 15.9. The van der Waals surface area contributed by atoms with Crippen molar-refractivity contribution >= 4 is 17.7 Å². The third kappa shape index (κ3) is 5.38. The second-order valence-electron chi connectivity index (χ2n) is 9.16. The summed E-state index contributed by atoms with van der Waals surface area (Å²) in [6.45, 7) is 3.33. The van der Waals surface area contributed by atoms with Gasteiger partial charge in [-0.15, -0.1) is 5.10 Å². The number of alkyl halides is 6. The van der Waals surface area contributed by atoms with Gasteiger partial charge in [-0.3, -0.25) is 4.90 Å². The van der Waals surface area contributed by atoms with E-state index in [1.54, 1.807) is 19.1 Å². The molecule has 2 aromatic carbocycles. The highest BCUT2D eigenvalue weighted by Crippen LogP contribution is 2.42. The van der Waals surface area contributed by atoms with Crippen LogP contribution < -0.4 is 9.80 Å². The molecule has 0 bridgehead atoms. The number of carbonyl (C=O) groups is 1. The van der Waals surface area contributed by atoms with Crippen LogP contribution in [0.15, 0.2) is 30.3 Å². The lowest BCUT2D eigenvalue weighted by molar-refractivity contribution is -0.143. The standard InChI is InChI=1S/C24H24F6N6O2/c1-13-6-7-18-19(5-4-8-35(22(37)38)20(18)14(13)2)36(21-31-33-34(3)32-21)12-15-9-16(23(25,26)27)11-17(10-15)24(28,29)30/h6-7,9-11,19H,4-5,8,12H2,1-3H3,(H,37,38). The molecule has 3 aromatic rings. The van der Waals surface area contributed by atoms with Gasteiger partial charge in [-0.2, -0.15) is 31.1 Å². The molecule has 0 spiro atoms. The van der Waals surface area contributed by atoms with Crippen LogP contribution in [0, 0.1) is 13.8 Å². The van der Waals surface area contributed by atoms with Crippen molar-refractivity contribution in [3.63, 3.8) is 0 Å². The van der Waals surface area contributed by atoms with Gasteiger partial charge >= 0.3 is 18.4 Å². The highest BCUT2D eigenvalue weighted by atomic mass is 19.4. The molecule has 1 N–H and O–H groups in total. The normalized spacial score (nSPS) is 16.2. The minimum Gasteiger partial charge on any atom is -0.465 e. The van der Waals surface area contributed by atoms with Crippen molar-refractivity contribution in [1.29, 1.82) is 0 Å². The van der Waals surface area contributed by atoms with E-state index in [1.807, 2.05) is 6.92 Å². The molecule has 0 fully saturated rings. The maximum atomic E-state index is 13.5. The quantitative estimate of drug-likeness (QED) is 0.414. The van der Waals surface area contributed by atoms with Crippen molar-refractivity contribution in [2.75, 3.05) is 16.3 Å². The number of aryl methyl sites for hydroxylation is 2. The van der Waals surface area contributed by atoms with E-state index < -0.39 is 42.2 Å². The molecule has 1 amide bonds. The number of halogens is 6. The van der Waals surface area contributed by atoms with Crippen LogP contribution in [0.5, 0.6) is 0 Å². The fourth-order valence-corrected chi connectivity index (χ4v) is 4.69. The Labute approximate surface area is 213 Å². The summed E-state index contributed by atoms with van der Waals surface area (Å²) >= 11 is 0. The number of nitrogens with zero attached hydrogens (tertiary/aromatic N) is 6.